The predicted octanol–water partition coefficient (Wildman–Crippen LogP) is -0.155. The minimum absolute atomic E-state index is 0.0553. The van der Waals surface area contributed by atoms with Crippen LogP contribution in [-0.4, -0.2) is 32.6 Å². The summed E-state index contributed by atoms with van der Waals surface area (Å²) in [4.78, 5) is 21.0. The van der Waals surface area contributed by atoms with E-state index in [2.05, 4.69) is 0 Å². The van der Waals surface area contributed by atoms with Crippen molar-refractivity contribution < 1.29 is 25.2 Å². The average Bonchev–Trinajstić information content (AvgIpc) is 2.32. The second kappa shape index (κ2) is 3.66. The predicted molar refractivity (Wildman–Crippen MR) is 52.6 cm³/mol. The van der Waals surface area contributed by atoms with Crippen LogP contribution in [-0.2, 0) is 4.79 Å². The highest BCUT2D eigenvalue weighted by Crippen LogP contribution is 2.36. The topological polar surface area (TPSA) is 127 Å². The van der Waals surface area contributed by atoms with Crippen molar-refractivity contribution in [2.24, 2.45) is 0 Å². The van der Waals surface area contributed by atoms with Crippen LogP contribution >= 0.6 is 0 Å². The number of aliphatic hydroxyl groups excluding tert-OH is 1. The summed E-state index contributed by atoms with van der Waals surface area (Å²) in [5, 5.41) is 38.8. The van der Waals surface area contributed by atoms with Gasteiger partial charge in [-0.2, -0.15) is 5.06 Å². The molecule has 17 heavy (non-hydrogen) atoms. The molecule has 9 heteroatoms. The van der Waals surface area contributed by atoms with E-state index in [1.165, 1.54) is 0 Å². The fraction of sp³-hybridized carbons (Fsp3) is 0.125. The summed E-state index contributed by atoms with van der Waals surface area (Å²) in [5.41, 5.74) is -0.761. The van der Waals surface area contributed by atoms with Gasteiger partial charge in [0, 0.05) is 12.1 Å². The summed E-state index contributed by atoms with van der Waals surface area (Å²) in [6.45, 7) is 0. The van der Waals surface area contributed by atoms with Crippen LogP contribution in [0.3, 0.4) is 0 Å². The first-order valence-corrected chi connectivity index (χ1v) is 4.41. The smallest absolute Gasteiger partial charge is 0.302 e. The number of aliphatic hydroxyl groups is 1. The summed E-state index contributed by atoms with van der Waals surface area (Å²) in [5.74, 6) is -1.21. The highest BCUT2D eigenvalue weighted by Gasteiger charge is 2.37. The van der Waals surface area contributed by atoms with Crippen molar-refractivity contribution in [1.29, 1.82) is 0 Å². The minimum Gasteiger partial charge on any atom is -0.364 e. The van der Waals surface area contributed by atoms with Crippen LogP contribution in [0.15, 0.2) is 18.2 Å². The largest absolute Gasteiger partial charge is 0.364 e. The number of nitro groups is 1. The molecule has 0 saturated heterocycles. The molecule has 0 fully saturated rings. The molecular formula is C8H7N3O6. The van der Waals surface area contributed by atoms with E-state index < -0.39 is 17.1 Å². The molecule has 1 aliphatic rings. The van der Waals surface area contributed by atoms with Crippen molar-refractivity contribution in [2.75, 3.05) is 10.1 Å². The van der Waals surface area contributed by atoms with E-state index >= 15 is 0 Å². The molecular weight excluding hydrogens is 234 g/mol. The SMILES string of the molecule is O=C1C(O)N(O)c2ccc([N+](=O)[O-])cc2N1O. The van der Waals surface area contributed by atoms with Crippen molar-refractivity contribution in [2.45, 2.75) is 6.23 Å². The van der Waals surface area contributed by atoms with Gasteiger partial charge in [0.05, 0.1) is 10.6 Å². The molecule has 0 aromatic heterocycles. The molecule has 90 valence electrons. The molecule has 1 unspecified atom stereocenters. The van der Waals surface area contributed by atoms with Crippen molar-refractivity contribution in [3.63, 3.8) is 0 Å². The monoisotopic (exact) mass is 241 g/mol. The van der Waals surface area contributed by atoms with Gasteiger partial charge in [0.25, 0.3) is 5.69 Å². The Morgan fingerprint density at radius 2 is 1.94 bits per heavy atom. The van der Waals surface area contributed by atoms with E-state index in [9.17, 15) is 30.4 Å². The van der Waals surface area contributed by atoms with Gasteiger partial charge >= 0.3 is 5.91 Å². The average molecular weight is 241 g/mol. The molecule has 1 heterocycles. The van der Waals surface area contributed by atoms with E-state index in [0.29, 0.717) is 0 Å². The molecule has 9 nitrogen and oxygen atoms in total. The molecule has 0 radical (unpaired) electrons. The van der Waals surface area contributed by atoms with Gasteiger partial charge in [0.1, 0.15) is 5.69 Å². The van der Waals surface area contributed by atoms with E-state index in [4.69, 9.17) is 0 Å². The minimum atomic E-state index is -1.95. The van der Waals surface area contributed by atoms with Crippen molar-refractivity contribution in [3.05, 3.63) is 28.3 Å². The highest BCUT2D eigenvalue weighted by molar-refractivity contribution is 6.02. The maximum atomic E-state index is 11.2. The van der Waals surface area contributed by atoms with Crippen LogP contribution in [0, 0.1) is 10.1 Å². The maximum absolute atomic E-state index is 11.2. The first-order chi connectivity index (χ1) is 7.93. The normalized spacial score (nSPS) is 19.2. The third-order valence-corrected chi connectivity index (χ3v) is 2.31. The van der Waals surface area contributed by atoms with Gasteiger partial charge < -0.3 is 5.11 Å². The Labute approximate surface area is 93.8 Å². The Hall–Kier alpha value is -2.23. The number of hydrogen-bond donors (Lipinski definition) is 3. The van der Waals surface area contributed by atoms with Gasteiger partial charge in [-0.3, -0.25) is 25.3 Å². The lowest BCUT2D eigenvalue weighted by Gasteiger charge is -2.32. The van der Waals surface area contributed by atoms with Crippen molar-refractivity contribution >= 4 is 23.0 Å². The zero-order valence-electron chi connectivity index (χ0n) is 8.22. The molecule has 0 bridgehead atoms. The number of benzene rings is 1. The lowest BCUT2D eigenvalue weighted by Crippen LogP contribution is -2.51. The molecule has 2 rings (SSSR count). The van der Waals surface area contributed by atoms with E-state index in [0.717, 1.165) is 18.2 Å². The number of hydroxylamine groups is 2. The molecule has 1 amide bonds. The number of rotatable bonds is 1. The third-order valence-electron chi connectivity index (χ3n) is 2.31. The molecule has 0 saturated carbocycles. The van der Waals surface area contributed by atoms with Gasteiger partial charge in [-0.1, -0.05) is 0 Å². The number of carbonyl (C=O) groups excluding carboxylic acids is 1. The molecule has 3 N–H and O–H groups in total. The summed E-state index contributed by atoms with van der Waals surface area (Å²) < 4.78 is 0. The highest BCUT2D eigenvalue weighted by atomic mass is 16.6. The van der Waals surface area contributed by atoms with Crippen LogP contribution in [0.1, 0.15) is 0 Å². The van der Waals surface area contributed by atoms with Crippen LogP contribution in [0.5, 0.6) is 0 Å². The second-order valence-corrected chi connectivity index (χ2v) is 3.30. The van der Waals surface area contributed by atoms with Gasteiger partial charge in [-0.05, 0) is 6.07 Å². The number of non-ortho nitro benzene ring substituents is 1. The Kier molecular flexibility index (Phi) is 2.42. The number of carbonyl (C=O) groups is 1. The van der Waals surface area contributed by atoms with Crippen LogP contribution in [0.2, 0.25) is 0 Å². The zero-order valence-corrected chi connectivity index (χ0v) is 8.22. The second-order valence-electron chi connectivity index (χ2n) is 3.30. The Morgan fingerprint density at radius 1 is 1.29 bits per heavy atom. The third kappa shape index (κ3) is 1.58. The zero-order chi connectivity index (χ0) is 12.7. The standard InChI is InChI=1S/C8H7N3O6/c12-7-8(13)10(15)6-3-4(11(16)17)1-2-5(6)9(7)14/h1-3,7,12,14-15H. The number of nitro benzene ring substituents is 1. The molecule has 1 aromatic carbocycles. The molecule has 1 aliphatic heterocycles. The number of nitrogens with zero attached hydrogens (tertiary/aromatic N) is 3. The molecule has 0 aliphatic carbocycles. The van der Waals surface area contributed by atoms with E-state index in [1.54, 1.807) is 0 Å². The number of hydrogen-bond acceptors (Lipinski definition) is 7. The fourth-order valence-corrected chi connectivity index (χ4v) is 1.45. The lowest BCUT2D eigenvalue weighted by atomic mass is 10.2. The quantitative estimate of drug-likeness (QED) is 0.354. The van der Waals surface area contributed by atoms with Crippen LogP contribution in [0.25, 0.3) is 0 Å². The summed E-state index contributed by atoms with van der Waals surface area (Å²) in [6, 6.07) is 3.08. The number of amides is 1. The Balaban J connectivity index is 2.58. The maximum Gasteiger partial charge on any atom is 0.302 e. The van der Waals surface area contributed by atoms with Gasteiger partial charge in [-0.15, -0.1) is 0 Å². The fourth-order valence-electron chi connectivity index (χ4n) is 1.45. The van der Waals surface area contributed by atoms with Crippen molar-refractivity contribution in [1.82, 2.24) is 0 Å². The molecule has 0 spiro atoms. The molecule has 1 aromatic rings. The first kappa shape index (κ1) is 11.3. The van der Waals surface area contributed by atoms with Gasteiger partial charge in [-0.25, -0.2) is 5.06 Å². The summed E-state index contributed by atoms with van der Waals surface area (Å²) >= 11 is 0. The summed E-state index contributed by atoms with van der Waals surface area (Å²) in [7, 11) is 0. The first-order valence-electron chi connectivity index (χ1n) is 4.41. The molecule has 1 atom stereocenters. The van der Waals surface area contributed by atoms with Gasteiger partial charge in [0.2, 0.25) is 6.23 Å². The lowest BCUT2D eigenvalue weighted by molar-refractivity contribution is -0.384. The number of fused-ring (bicyclic) bond motifs is 1. The van der Waals surface area contributed by atoms with Crippen LogP contribution in [0.4, 0.5) is 17.1 Å². The van der Waals surface area contributed by atoms with Crippen molar-refractivity contribution in [3.8, 4) is 0 Å². The van der Waals surface area contributed by atoms with E-state index in [1.807, 2.05) is 0 Å². The summed E-state index contributed by atoms with van der Waals surface area (Å²) in [6.07, 6.45) is -1.95. The number of anilines is 2. The van der Waals surface area contributed by atoms with Gasteiger partial charge in [0.15, 0.2) is 0 Å². The Bertz CT molecular complexity index is 504. The van der Waals surface area contributed by atoms with E-state index in [-0.39, 0.29) is 27.2 Å². The van der Waals surface area contributed by atoms with Crippen LogP contribution < -0.4 is 10.1 Å². The Morgan fingerprint density at radius 3 is 2.53 bits per heavy atom.